The maximum Gasteiger partial charge on any atom is 0.294 e. The molecule has 0 radical (unpaired) electrons. The summed E-state index contributed by atoms with van der Waals surface area (Å²) in [4.78, 5) is -0.127. The summed E-state index contributed by atoms with van der Waals surface area (Å²) in [6.45, 7) is 0.711. The molecule has 1 heterocycles. The molecule has 5 nitrogen and oxygen atoms in total. The van der Waals surface area contributed by atoms with E-state index in [2.05, 4.69) is 5.10 Å². The van der Waals surface area contributed by atoms with E-state index < -0.39 is 10.1 Å². The smallest absolute Gasteiger partial charge is 0.282 e. The Balaban J connectivity index is 1.83. The molecule has 0 unspecified atom stereocenters. The van der Waals surface area contributed by atoms with Crippen molar-refractivity contribution < 1.29 is 13.0 Å². The summed E-state index contributed by atoms with van der Waals surface area (Å²) < 4.78 is 31.0. The van der Waals surface area contributed by atoms with Gasteiger partial charge in [0, 0.05) is 18.0 Å². The predicted molar refractivity (Wildman–Crippen MR) is 86.2 cm³/mol. The van der Waals surface area contributed by atoms with Gasteiger partial charge in [0.25, 0.3) is 10.1 Å². The molecule has 22 heavy (non-hydrogen) atoms. The summed E-state index contributed by atoms with van der Waals surface area (Å²) in [5.74, 6) is 0. The summed E-state index contributed by atoms with van der Waals surface area (Å²) >= 11 is 5.87. The summed E-state index contributed by atoms with van der Waals surface area (Å²) in [6, 6.07) is 13.5. The fraction of sp³-hybridized carbons (Fsp3) is 0.133. The largest absolute Gasteiger partial charge is 0.294 e. The Morgan fingerprint density at radius 2 is 1.68 bits per heavy atom. The van der Waals surface area contributed by atoms with Crippen molar-refractivity contribution in [2.75, 3.05) is 11.6 Å². The molecule has 1 aliphatic heterocycles. The van der Waals surface area contributed by atoms with Gasteiger partial charge in [0.1, 0.15) is 0 Å². The summed E-state index contributed by atoms with van der Waals surface area (Å²) in [5, 5.41) is 7.03. The minimum absolute atomic E-state index is 0.127. The van der Waals surface area contributed by atoms with E-state index >= 15 is 0 Å². The van der Waals surface area contributed by atoms with Crippen LogP contribution in [0.15, 0.2) is 58.5 Å². The van der Waals surface area contributed by atoms with E-state index in [4.69, 9.17) is 16.2 Å². The van der Waals surface area contributed by atoms with E-state index in [1.807, 2.05) is 24.3 Å². The zero-order valence-corrected chi connectivity index (χ0v) is 13.0. The molecule has 0 aliphatic carbocycles. The molecule has 0 bridgehead atoms. The topological polar surface area (TPSA) is 70.0 Å². The van der Waals surface area contributed by atoms with E-state index in [9.17, 15) is 8.42 Å². The highest BCUT2D eigenvalue weighted by molar-refractivity contribution is 7.85. The molecule has 0 spiro atoms. The highest BCUT2D eigenvalue weighted by atomic mass is 35.5. The quantitative estimate of drug-likeness (QED) is 0.874. The molecular weight excluding hydrogens is 324 g/mol. The van der Waals surface area contributed by atoms with Gasteiger partial charge >= 0.3 is 0 Å². The zero-order chi connectivity index (χ0) is 15.7. The van der Waals surface area contributed by atoms with Crippen LogP contribution in [0.25, 0.3) is 0 Å². The van der Waals surface area contributed by atoms with Crippen LogP contribution >= 0.6 is 11.6 Å². The van der Waals surface area contributed by atoms with Gasteiger partial charge in [0.2, 0.25) is 0 Å². The molecule has 0 amide bonds. The van der Waals surface area contributed by atoms with Crippen LogP contribution in [-0.2, 0) is 10.1 Å². The Hall–Kier alpha value is -1.89. The molecule has 7 heteroatoms. The van der Waals surface area contributed by atoms with E-state index in [0.717, 1.165) is 23.4 Å². The van der Waals surface area contributed by atoms with Crippen molar-refractivity contribution in [3.63, 3.8) is 0 Å². The number of hydrazone groups is 1. The van der Waals surface area contributed by atoms with Gasteiger partial charge in [-0.2, -0.15) is 13.5 Å². The van der Waals surface area contributed by atoms with Crippen molar-refractivity contribution in [3.8, 4) is 0 Å². The van der Waals surface area contributed by atoms with Crippen LogP contribution in [0.2, 0.25) is 5.02 Å². The number of halogens is 1. The Kier molecular flexibility index (Phi) is 3.90. The highest BCUT2D eigenvalue weighted by Gasteiger charge is 2.18. The van der Waals surface area contributed by atoms with Gasteiger partial charge in [-0.05, 0) is 42.0 Å². The van der Waals surface area contributed by atoms with Crippen molar-refractivity contribution in [2.24, 2.45) is 5.10 Å². The molecule has 0 atom stereocenters. The Bertz CT molecular complexity index is 815. The van der Waals surface area contributed by atoms with Crippen LogP contribution in [-0.4, -0.2) is 25.2 Å². The predicted octanol–water partition coefficient (Wildman–Crippen LogP) is 3.20. The van der Waals surface area contributed by atoms with Gasteiger partial charge in [-0.15, -0.1) is 0 Å². The van der Waals surface area contributed by atoms with E-state index in [1.165, 1.54) is 12.1 Å². The van der Waals surface area contributed by atoms with Crippen molar-refractivity contribution >= 4 is 33.1 Å². The van der Waals surface area contributed by atoms with Crippen molar-refractivity contribution in [1.82, 2.24) is 0 Å². The third-order valence-electron chi connectivity index (χ3n) is 3.41. The number of anilines is 1. The Morgan fingerprint density at radius 3 is 2.27 bits per heavy atom. The number of rotatable bonds is 3. The second-order valence-electron chi connectivity index (χ2n) is 4.90. The van der Waals surface area contributed by atoms with Crippen molar-refractivity contribution in [1.29, 1.82) is 0 Å². The Labute approximate surface area is 133 Å². The van der Waals surface area contributed by atoms with Gasteiger partial charge in [0.05, 0.1) is 16.3 Å². The SMILES string of the molecule is O=S(=O)(O)c1ccc(N2CCC(c3ccc(Cl)cc3)=N2)cc1. The van der Waals surface area contributed by atoms with Crippen LogP contribution in [0.5, 0.6) is 0 Å². The second kappa shape index (κ2) is 5.72. The van der Waals surface area contributed by atoms with Crippen LogP contribution in [0, 0.1) is 0 Å². The molecule has 0 saturated heterocycles. The van der Waals surface area contributed by atoms with Gasteiger partial charge in [-0.1, -0.05) is 23.7 Å². The van der Waals surface area contributed by atoms with E-state index in [1.54, 1.807) is 17.1 Å². The minimum atomic E-state index is -4.17. The lowest BCUT2D eigenvalue weighted by atomic mass is 10.1. The molecule has 3 rings (SSSR count). The van der Waals surface area contributed by atoms with Crippen LogP contribution in [0.4, 0.5) is 5.69 Å². The van der Waals surface area contributed by atoms with E-state index in [-0.39, 0.29) is 4.90 Å². The number of benzene rings is 2. The first-order chi connectivity index (χ1) is 10.4. The molecule has 114 valence electrons. The van der Waals surface area contributed by atoms with Gasteiger partial charge < -0.3 is 0 Å². The maximum absolute atomic E-state index is 11.0. The molecule has 2 aromatic carbocycles. The van der Waals surface area contributed by atoms with Crippen LogP contribution < -0.4 is 5.01 Å². The van der Waals surface area contributed by atoms with Crippen LogP contribution in [0.1, 0.15) is 12.0 Å². The molecule has 0 saturated carbocycles. The van der Waals surface area contributed by atoms with Gasteiger partial charge in [-0.3, -0.25) is 9.56 Å². The first kappa shape index (κ1) is 15.0. The highest BCUT2D eigenvalue weighted by Crippen LogP contribution is 2.23. The molecule has 0 aromatic heterocycles. The normalized spacial score (nSPS) is 15.0. The lowest BCUT2D eigenvalue weighted by molar-refractivity contribution is 0.483. The first-order valence-electron chi connectivity index (χ1n) is 6.62. The van der Waals surface area contributed by atoms with Gasteiger partial charge in [0.15, 0.2) is 0 Å². The summed E-state index contributed by atoms with van der Waals surface area (Å²) in [6.07, 6.45) is 0.793. The standard InChI is InChI=1S/C15H13ClN2O3S/c16-12-3-1-11(2-4-12)15-9-10-18(17-15)13-5-7-14(8-6-13)22(19,20)21/h1-8H,9-10H2,(H,19,20,21). The molecule has 0 fully saturated rings. The minimum Gasteiger partial charge on any atom is -0.282 e. The monoisotopic (exact) mass is 336 g/mol. The zero-order valence-electron chi connectivity index (χ0n) is 11.5. The molecular formula is C15H13ClN2O3S. The number of hydrogen-bond acceptors (Lipinski definition) is 4. The lowest BCUT2D eigenvalue weighted by Gasteiger charge is -2.13. The molecule has 1 aliphatic rings. The third kappa shape index (κ3) is 3.14. The molecule has 1 N–H and O–H groups in total. The fourth-order valence-electron chi connectivity index (χ4n) is 2.28. The molecule has 2 aromatic rings. The second-order valence-corrected chi connectivity index (χ2v) is 6.75. The number of nitrogens with zero attached hydrogens (tertiary/aromatic N) is 2. The third-order valence-corrected chi connectivity index (χ3v) is 4.53. The average Bonchev–Trinajstić information content (AvgIpc) is 2.97. The van der Waals surface area contributed by atoms with Crippen molar-refractivity contribution in [2.45, 2.75) is 11.3 Å². The van der Waals surface area contributed by atoms with Crippen molar-refractivity contribution in [3.05, 3.63) is 59.1 Å². The summed E-state index contributed by atoms with van der Waals surface area (Å²) in [5.41, 5.74) is 2.74. The summed E-state index contributed by atoms with van der Waals surface area (Å²) in [7, 11) is -4.17. The average molecular weight is 337 g/mol. The van der Waals surface area contributed by atoms with Crippen LogP contribution in [0.3, 0.4) is 0 Å². The fourth-order valence-corrected chi connectivity index (χ4v) is 2.88. The lowest BCUT2D eigenvalue weighted by Crippen LogP contribution is -2.11. The van der Waals surface area contributed by atoms with E-state index in [0.29, 0.717) is 11.6 Å². The Morgan fingerprint density at radius 1 is 1.05 bits per heavy atom. The maximum atomic E-state index is 11.0. The first-order valence-corrected chi connectivity index (χ1v) is 8.44. The number of hydrogen-bond donors (Lipinski definition) is 1. The van der Waals surface area contributed by atoms with Gasteiger partial charge in [-0.25, -0.2) is 0 Å².